The Hall–Kier alpha value is -3.10. The number of thioether (sulfide) groups is 1. The van der Waals surface area contributed by atoms with Crippen LogP contribution in [0, 0.1) is 6.92 Å². The highest BCUT2D eigenvalue weighted by molar-refractivity contribution is 9.10. The van der Waals surface area contributed by atoms with E-state index in [0.29, 0.717) is 27.5 Å². The molecular formula is C25H21BrN2O4S. The number of aryl methyl sites for hydroxylation is 1. The van der Waals surface area contributed by atoms with Crippen molar-refractivity contribution in [2.45, 2.75) is 20.1 Å². The third kappa shape index (κ3) is 5.29. The fourth-order valence-electron chi connectivity index (χ4n) is 3.34. The summed E-state index contributed by atoms with van der Waals surface area (Å²) in [7, 11) is 1.56. The summed E-state index contributed by atoms with van der Waals surface area (Å²) in [6.45, 7) is 2.57. The topological polar surface area (TPSA) is 68.7 Å². The van der Waals surface area contributed by atoms with E-state index in [2.05, 4.69) is 20.9 Å². The molecule has 0 radical (unpaired) electrons. The van der Waals surface area contributed by atoms with E-state index in [1.54, 1.807) is 31.6 Å². The van der Waals surface area contributed by atoms with Gasteiger partial charge in [0.1, 0.15) is 6.61 Å². The van der Waals surface area contributed by atoms with Crippen LogP contribution in [0.15, 0.2) is 70.3 Å². The number of hydrogen-bond acceptors (Lipinski definition) is 6. The first-order valence-electron chi connectivity index (χ1n) is 10.2. The van der Waals surface area contributed by atoms with Crippen molar-refractivity contribution >= 4 is 44.9 Å². The molecule has 6 nitrogen and oxygen atoms in total. The Kier molecular flexibility index (Phi) is 7.15. The summed E-state index contributed by atoms with van der Waals surface area (Å²) >= 11 is 4.48. The van der Waals surface area contributed by atoms with E-state index >= 15 is 0 Å². The molecule has 8 heteroatoms. The van der Waals surface area contributed by atoms with Crippen molar-refractivity contribution in [1.29, 1.82) is 0 Å². The minimum Gasteiger partial charge on any atom is -0.493 e. The number of hydrogen-bond donors (Lipinski definition) is 0. The van der Waals surface area contributed by atoms with Gasteiger partial charge in [-0.2, -0.15) is 0 Å². The van der Waals surface area contributed by atoms with Gasteiger partial charge in [0, 0.05) is 12.4 Å². The highest BCUT2D eigenvalue weighted by Crippen LogP contribution is 2.39. The molecule has 33 heavy (non-hydrogen) atoms. The second kappa shape index (κ2) is 10.2. The van der Waals surface area contributed by atoms with Crippen molar-refractivity contribution in [1.82, 2.24) is 9.88 Å². The molecule has 1 aromatic heterocycles. The van der Waals surface area contributed by atoms with Gasteiger partial charge in [0.05, 0.1) is 23.0 Å². The molecule has 4 rings (SSSR count). The molecule has 0 unspecified atom stereocenters. The molecule has 2 amide bonds. The van der Waals surface area contributed by atoms with E-state index in [9.17, 15) is 9.59 Å². The fraction of sp³-hybridized carbons (Fsp3) is 0.160. The molecule has 0 N–H and O–H groups in total. The van der Waals surface area contributed by atoms with Gasteiger partial charge < -0.3 is 9.47 Å². The summed E-state index contributed by atoms with van der Waals surface area (Å²) in [6.07, 6.45) is 5.11. The van der Waals surface area contributed by atoms with Crippen LogP contribution in [0.3, 0.4) is 0 Å². The number of carbonyl (C=O) groups is 2. The Bertz CT molecular complexity index is 1230. The van der Waals surface area contributed by atoms with Crippen LogP contribution in [0.4, 0.5) is 4.79 Å². The first kappa shape index (κ1) is 23.1. The maximum Gasteiger partial charge on any atom is 0.293 e. The number of amides is 2. The molecule has 1 aliphatic heterocycles. The van der Waals surface area contributed by atoms with E-state index in [1.807, 2.05) is 49.4 Å². The van der Waals surface area contributed by atoms with Crippen molar-refractivity contribution in [3.05, 3.63) is 92.6 Å². The molecule has 2 heterocycles. The lowest BCUT2D eigenvalue weighted by Gasteiger charge is -2.14. The van der Waals surface area contributed by atoms with Crippen LogP contribution < -0.4 is 9.47 Å². The van der Waals surface area contributed by atoms with Crippen LogP contribution in [0.5, 0.6) is 11.5 Å². The summed E-state index contributed by atoms with van der Waals surface area (Å²) in [4.78, 5) is 31.1. The Balaban J connectivity index is 1.54. The van der Waals surface area contributed by atoms with Crippen molar-refractivity contribution in [2.75, 3.05) is 7.11 Å². The maximum atomic E-state index is 12.9. The lowest BCUT2D eigenvalue weighted by molar-refractivity contribution is -0.123. The van der Waals surface area contributed by atoms with E-state index in [-0.39, 0.29) is 17.7 Å². The Morgan fingerprint density at radius 2 is 1.88 bits per heavy atom. The van der Waals surface area contributed by atoms with Crippen LogP contribution in [0.1, 0.15) is 22.3 Å². The number of ether oxygens (including phenoxy) is 2. The van der Waals surface area contributed by atoms with Gasteiger partial charge in [-0.05, 0) is 87.2 Å². The van der Waals surface area contributed by atoms with Gasteiger partial charge in [0.2, 0.25) is 0 Å². The van der Waals surface area contributed by atoms with E-state index in [0.717, 1.165) is 34.0 Å². The number of carbonyl (C=O) groups excluding carboxylic acids is 2. The molecule has 0 bridgehead atoms. The minimum atomic E-state index is -0.304. The molecular weight excluding hydrogens is 504 g/mol. The second-order valence-corrected chi connectivity index (χ2v) is 9.22. The molecule has 0 atom stereocenters. The lowest BCUT2D eigenvalue weighted by atomic mass is 10.1. The van der Waals surface area contributed by atoms with Gasteiger partial charge in [0.15, 0.2) is 11.5 Å². The largest absolute Gasteiger partial charge is 0.493 e. The number of halogens is 1. The molecule has 0 saturated carbocycles. The summed E-state index contributed by atoms with van der Waals surface area (Å²) in [6, 6.07) is 15.1. The molecule has 168 valence electrons. The average Bonchev–Trinajstić information content (AvgIpc) is 3.07. The van der Waals surface area contributed by atoms with Crippen molar-refractivity contribution in [3.8, 4) is 11.5 Å². The van der Waals surface area contributed by atoms with Crippen LogP contribution >= 0.6 is 27.7 Å². The third-order valence-corrected chi connectivity index (χ3v) is 6.64. The number of rotatable bonds is 7. The van der Waals surface area contributed by atoms with E-state index < -0.39 is 0 Å². The van der Waals surface area contributed by atoms with E-state index in [1.165, 1.54) is 4.90 Å². The zero-order chi connectivity index (χ0) is 23.4. The van der Waals surface area contributed by atoms with Crippen LogP contribution in [0.2, 0.25) is 0 Å². The standard InChI is InChI=1S/C25H21BrN2O4S/c1-16-5-3-4-6-19(16)14-28-24(29)22(33-25(28)30)13-18-11-20(26)23(21(12-18)31-2)32-15-17-7-9-27-10-8-17/h3-13H,14-15H2,1-2H3/b22-13-. The first-order chi connectivity index (χ1) is 16.0. The van der Waals surface area contributed by atoms with Gasteiger partial charge in [-0.25, -0.2) is 0 Å². The SMILES string of the molecule is COc1cc(/C=C2\SC(=O)N(Cc3ccccc3C)C2=O)cc(Br)c1OCc1ccncc1. The summed E-state index contributed by atoms with van der Waals surface area (Å²) in [5.74, 6) is 0.768. The van der Waals surface area contributed by atoms with Gasteiger partial charge in [-0.15, -0.1) is 0 Å². The Labute approximate surface area is 204 Å². The van der Waals surface area contributed by atoms with Gasteiger partial charge in [0.25, 0.3) is 11.1 Å². The van der Waals surface area contributed by atoms with Crippen molar-refractivity contribution in [3.63, 3.8) is 0 Å². The predicted molar refractivity (Wildman–Crippen MR) is 132 cm³/mol. The molecule has 1 saturated heterocycles. The quantitative estimate of drug-likeness (QED) is 0.354. The zero-order valence-corrected chi connectivity index (χ0v) is 20.5. The zero-order valence-electron chi connectivity index (χ0n) is 18.1. The fourth-order valence-corrected chi connectivity index (χ4v) is 4.76. The number of imide groups is 1. The molecule has 1 aliphatic rings. The van der Waals surface area contributed by atoms with Crippen molar-refractivity contribution in [2.24, 2.45) is 0 Å². The predicted octanol–water partition coefficient (Wildman–Crippen LogP) is 5.98. The number of benzene rings is 2. The molecule has 0 aliphatic carbocycles. The van der Waals surface area contributed by atoms with Gasteiger partial charge >= 0.3 is 0 Å². The minimum absolute atomic E-state index is 0.253. The van der Waals surface area contributed by atoms with Crippen LogP contribution in [-0.2, 0) is 17.9 Å². The molecule has 3 aromatic rings. The molecule has 2 aromatic carbocycles. The lowest BCUT2D eigenvalue weighted by Crippen LogP contribution is -2.27. The monoisotopic (exact) mass is 524 g/mol. The summed E-state index contributed by atoms with van der Waals surface area (Å²) in [5.41, 5.74) is 3.68. The third-order valence-electron chi connectivity index (χ3n) is 5.15. The van der Waals surface area contributed by atoms with Gasteiger partial charge in [-0.1, -0.05) is 24.3 Å². The van der Waals surface area contributed by atoms with Crippen molar-refractivity contribution < 1.29 is 19.1 Å². The molecule has 1 fully saturated rings. The highest BCUT2D eigenvalue weighted by Gasteiger charge is 2.35. The second-order valence-electron chi connectivity index (χ2n) is 7.37. The smallest absolute Gasteiger partial charge is 0.293 e. The Morgan fingerprint density at radius 3 is 2.61 bits per heavy atom. The average molecular weight is 525 g/mol. The highest BCUT2D eigenvalue weighted by atomic mass is 79.9. The maximum absolute atomic E-state index is 12.9. The van der Waals surface area contributed by atoms with Gasteiger partial charge in [-0.3, -0.25) is 19.5 Å². The normalized spacial score (nSPS) is 14.8. The van der Waals surface area contributed by atoms with E-state index in [4.69, 9.17) is 9.47 Å². The number of aromatic nitrogens is 1. The number of pyridine rings is 1. The number of methoxy groups -OCH3 is 1. The number of nitrogens with zero attached hydrogens (tertiary/aromatic N) is 2. The first-order valence-corrected chi connectivity index (χ1v) is 11.8. The van der Waals surface area contributed by atoms with Crippen LogP contribution in [-0.4, -0.2) is 28.1 Å². The summed E-state index contributed by atoms with van der Waals surface area (Å²) < 4.78 is 12.1. The van der Waals surface area contributed by atoms with Crippen LogP contribution in [0.25, 0.3) is 6.08 Å². The Morgan fingerprint density at radius 1 is 1.12 bits per heavy atom. The molecule has 0 spiro atoms. The summed E-state index contributed by atoms with van der Waals surface area (Å²) in [5, 5.41) is -0.280.